The molecule has 2 heterocycles. The number of aryl methyl sites for hydroxylation is 3. The predicted octanol–water partition coefficient (Wildman–Crippen LogP) is 6.88. The van der Waals surface area contributed by atoms with Gasteiger partial charge in [0.25, 0.3) is 0 Å². The highest BCUT2D eigenvalue weighted by Crippen LogP contribution is 2.37. The van der Waals surface area contributed by atoms with Gasteiger partial charge < -0.3 is 20.1 Å². The van der Waals surface area contributed by atoms with Gasteiger partial charge in [0, 0.05) is 18.4 Å². The lowest BCUT2D eigenvalue weighted by Crippen LogP contribution is -2.31. The summed E-state index contributed by atoms with van der Waals surface area (Å²) in [6.45, 7) is 11.7. The van der Waals surface area contributed by atoms with Crippen molar-refractivity contribution in [3.05, 3.63) is 95.1 Å². The van der Waals surface area contributed by atoms with Gasteiger partial charge in [-0.2, -0.15) is 0 Å². The molecule has 6 rings (SSSR count). The lowest BCUT2D eigenvalue weighted by atomic mass is 9.84. The van der Waals surface area contributed by atoms with Crippen molar-refractivity contribution in [3.63, 3.8) is 0 Å². The molecule has 6 aromatic rings. The first kappa shape index (κ1) is 38.1. The Labute approximate surface area is 314 Å². The second-order valence-corrected chi connectivity index (χ2v) is 16.0. The molecular formula is C42H48N6O6. The van der Waals surface area contributed by atoms with Crippen molar-refractivity contribution in [2.45, 2.75) is 91.6 Å². The Balaban J connectivity index is 1.15. The number of rotatable bonds is 13. The molecule has 4 aromatic carbocycles. The van der Waals surface area contributed by atoms with Crippen molar-refractivity contribution in [1.29, 1.82) is 0 Å². The Morgan fingerprint density at radius 1 is 0.685 bits per heavy atom. The molecule has 0 fully saturated rings. The van der Waals surface area contributed by atoms with E-state index in [0.29, 0.717) is 45.4 Å². The molecule has 0 aliphatic rings. The Hall–Kier alpha value is -5.62. The first-order chi connectivity index (χ1) is 25.6. The van der Waals surface area contributed by atoms with Crippen LogP contribution in [0.5, 0.6) is 11.5 Å². The largest absolute Gasteiger partial charge is 0.505 e. The number of aliphatic hydroxyl groups excluding tert-OH is 1. The molecule has 12 heteroatoms. The number of ether oxygens (including phenoxy) is 1. The van der Waals surface area contributed by atoms with Crippen LogP contribution in [0.25, 0.3) is 33.4 Å². The molecule has 2 aromatic heterocycles. The van der Waals surface area contributed by atoms with E-state index in [1.165, 1.54) is 9.59 Å². The molecule has 0 amide bonds. The van der Waals surface area contributed by atoms with E-state index in [-0.39, 0.29) is 42.6 Å². The zero-order valence-electron chi connectivity index (χ0n) is 31.7. The van der Waals surface area contributed by atoms with Crippen LogP contribution >= 0.6 is 0 Å². The van der Waals surface area contributed by atoms with Crippen LogP contribution in [-0.4, -0.2) is 69.8 Å². The van der Waals surface area contributed by atoms with E-state index < -0.39 is 29.9 Å². The summed E-state index contributed by atoms with van der Waals surface area (Å²) < 4.78 is 5.51. The van der Waals surface area contributed by atoms with Gasteiger partial charge in [0.05, 0.1) is 6.61 Å². The molecule has 0 saturated carbocycles. The van der Waals surface area contributed by atoms with E-state index in [1.54, 1.807) is 12.1 Å². The lowest BCUT2D eigenvalue weighted by Gasteiger charge is -2.23. The van der Waals surface area contributed by atoms with Gasteiger partial charge in [-0.3, -0.25) is 9.59 Å². The van der Waals surface area contributed by atoms with Gasteiger partial charge in [-0.05, 0) is 89.6 Å². The Kier molecular flexibility index (Phi) is 10.9. The van der Waals surface area contributed by atoms with Crippen LogP contribution in [0, 0.1) is 5.41 Å². The number of hydrogen-bond donors (Lipinski definition) is 3. The smallest absolute Gasteiger partial charge is 0.306 e. The third-order valence-electron chi connectivity index (χ3n) is 9.41. The van der Waals surface area contributed by atoms with Gasteiger partial charge in [-0.25, -0.2) is 0 Å². The van der Waals surface area contributed by atoms with Crippen LogP contribution in [0.15, 0.2) is 72.8 Å². The van der Waals surface area contributed by atoms with Gasteiger partial charge >= 0.3 is 5.97 Å². The van der Waals surface area contributed by atoms with E-state index >= 15 is 0 Å². The van der Waals surface area contributed by atoms with Gasteiger partial charge in [0.2, 0.25) is 0 Å². The SMILES string of the molecule is CC(C)(C)CCc1cc(CCC(=O)C(CO)OC(=O)CCc2cc(-n3nc4ccccc4n3)c(O)c(C(C)(C)C)c2)cc(-n2nc3ccccc3n2)c1O. The number of fused-ring (bicyclic) bond motifs is 2. The molecule has 1 unspecified atom stereocenters. The van der Waals surface area contributed by atoms with Crippen LogP contribution < -0.4 is 0 Å². The zero-order valence-corrected chi connectivity index (χ0v) is 31.7. The van der Waals surface area contributed by atoms with Crippen molar-refractivity contribution in [1.82, 2.24) is 30.0 Å². The van der Waals surface area contributed by atoms with Gasteiger partial charge in [-0.15, -0.1) is 30.0 Å². The maximum absolute atomic E-state index is 13.3. The summed E-state index contributed by atoms with van der Waals surface area (Å²) in [5.74, 6) is -0.915. The van der Waals surface area contributed by atoms with Crippen LogP contribution in [0.1, 0.15) is 83.1 Å². The van der Waals surface area contributed by atoms with Crippen LogP contribution in [0.2, 0.25) is 0 Å². The normalized spacial score (nSPS) is 12.7. The van der Waals surface area contributed by atoms with Crippen molar-refractivity contribution in [2.24, 2.45) is 5.41 Å². The molecule has 0 saturated heterocycles. The molecule has 0 bridgehead atoms. The van der Waals surface area contributed by atoms with Crippen molar-refractivity contribution in [3.8, 4) is 22.9 Å². The first-order valence-electron chi connectivity index (χ1n) is 18.3. The number of carbonyl (C=O) groups excluding carboxylic acids is 2. The number of ketones is 1. The molecule has 1 atom stereocenters. The third-order valence-corrected chi connectivity index (χ3v) is 9.41. The van der Waals surface area contributed by atoms with Crippen LogP contribution in [0.3, 0.4) is 0 Å². The minimum Gasteiger partial charge on any atom is -0.505 e. The van der Waals surface area contributed by atoms with Gasteiger partial charge in [-0.1, -0.05) is 77.9 Å². The number of hydrogen-bond acceptors (Lipinski definition) is 10. The van der Waals surface area contributed by atoms with E-state index in [1.807, 2.05) is 81.4 Å². The minimum absolute atomic E-state index is 0.00255. The number of esters is 1. The highest BCUT2D eigenvalue weighted by Gasteiger charge is 2.26. The average Bonchev–Trinajstić information content (AvgIpc) is 3.76. The standard InChI is InChI=1S/C42H48N6O6/c1-41(2,3)20-19-28-21-26(23-34(39(28)52)47-43-30-11-7-8-12-31(30)44-47)15-17-36(50)37(25-49)54-38(51)18-16-27-22-29(42(4,5)6)40(53)35(24-27)48-45-32-13-9-10-14-33(32)46-48/h7-14,21-24,37,49,52-53H,15-20,25H2,1-6H3. The van der Waals surface area contributed by atoms with E-state index in [4.69, 9.17) is 4.74 Å². The molecule has 282 valence electrons. The summed E-state index contributed by atoms with van der Waals surface area (Å²) in [6.07, 6.45) is 0.579. The van der Waals surface area contributed by atoms with E-state index in [9.17, 15) is 24.9 Å². The number of Topliss-reactive ketones (excluding diaryl/α,β-unsaturated/α-hetero) is 1. The number of carbonyl (C=O) groups is 2. The number of phenols is 2. The summed E-state index contributed by atoms with van der Waals surface area (Å²) >= 11 is 0. The molecule has 0 aliphatic heterocycles. The molecule has 54 heavy (non-hydrogen) atoms. The highest BCUT2D eigenvalue weighted by molar-refractivity contribution is 5.86. The maximum atomic E-state index is 13.3. The highest BCUT2D eigenvalue weighted by atomic mass is 16.6. The fraction of sp³-hybridized carbons (Fsp3) is 0.381. The number of aromatic nitrogens is 6. The fourth-order valence-electron chi connectivity index (χ4n) is 6.32. The molecular weight excluding hydrogens is 684 g/mol. The number of aliphatic hydroxyl groups is 1. The summed E-state index contributed by atoms with van der Waals surface area (Å²) in [7, 11) is 0. The quantitative estimate of drug-likeness (QED) is 0.107. The number of aromatic hydroxyl groups is 2. The second-order valence-electron chi connectivity index (χ2n) is 16.0. The van der Waals surface area contributed by atoms with E-state index in [2.05, 4.69) is 41.2 Å². The van der Waals surface area contributed by atoms with Gasteiger partial charge in [0.1, 0.15) is 44.9 Å². The Morgan fingerprint density at radius 2 is 1.17 bits per heavy atom. The summed E-state index contributed by atoms with van der Waals surface area (Å²) in [4.78, 5) is 29.2. The molecule has 12 nitrogen and oxygen atoms in total. The molecule has 0 spiro atoms. The van der Waals surface area contributed by atoms with Crippen molar-refractivity contribution < 1.29 is 29.6 Å². The number of nitrogens with zero attached hydrogens (tertiary/aromatic N) is 6. The second kappa shape index (κ2) is 15.4. The minimum atomic E-state index is -1.33. The van der Waals surface area contributed by atoms with Crippen molar-refractivity contribution in [2.75, 3.05) is 6.61 Å². The third kappa shape index (κ3) is 8.77. The van der Waals surface area contributed by atoms with E-state index in [0.717, 1.165) is 23.1 Å². The predicted molar refractivity (Wildman–Crippen MR) is 206 cm³/mol. The van der Waals surface area contributed by atoms with Crippen LogP contribution in [0.4, 0.5) is 0 Å². The van der Waals surface area contributed by atoms with Crippen molar-refractivity contribution >= 4 is 33.8 Å². The molecule has 0 radical (unpaired) electrons. The molecule has 3 N–H and O–H groups in total. The van der Waals surface area contributed by atoms with Crippen LogP contribution in [-0.2, 0) is 39.0 Å². The maximum Gasteiger partial charge on any atom is 0.306 e. The number of benzene rings is 4. The van der Waals surface area contributed by atoms with Gasteiger partial charge in [0.15, 0.2) is 11.9 Å². The topological polar surface area (TPSA) is 165 Å². The molecule has 0 aliphatic carbocycles. The first-order valence-corrected chi connectivity index (χ1v) is 18.3. The zero-order chi connectivity index (χ0) is 38.8. The average molecular weight is 733 g/mol. The Morgan fingerprint density at radius 3 is 1.65 bits per heavy atom. The monoisotopic (exact) mass is 732 g/mol. The Bertz CT molecular complexity index is 2250. The summed E-state index contributed by atoms with van der Waals surface area (Å²) in [5, 5.41) is 50.9. The summed E-state index contributed by atoms with van der Waals surface area (Å²) in [5.41, 5.74) is 6.06. The number of phenolic OH excluding ortho intramolecular Hbond substituents is 2. The fourth-order valence-corrected chi connectivity index (χ4v) is 6.32. The summed E-state index contributed by atoms with van der Waals surface area (Å²) in [6, 6.07) is 22.1. The lowest BCUT2D eigenvalue weighted by molar-refractivity contribution is -0.157.